The van der Waals surface area contributed by atoms with Gasteiger partial charge >= 0.3 is 0 Å². The first-order chi connectivity index (χ1) is 15.5. The van der Waals surface area contributed by atoms with Crippen LogP contribution in [0.4, 0.5) is 0 Å². The summed E-state index contributed by atoms with van der Waals surface area (Å²) in [4.78, 5) is 11.1. The molecule has 10 heteroatoms. The van der Waals surface area contributed by atoms with E-state index in [-0.39, 0.29) is 11.5 Å². The molecule has 0 aliphatic heterocycles. The Bertz CT molecular complexity index is 1080. The number of hydrogen-bond donors (Lipinski definition) is 0. The zero-order chi connectivity index (χ0) is 23.1. The van der Waals surface area contributed by atoms with E-state index in [4.69, 9.17) is 14.2 Å². The van der Waals surface area contributed by atoms with Crippen LogP contribution in [0.2, 0.25) is 0 Å². The largest absolute Gasteiger partial charge is 0.497 e. The predicted octanol–water partition coefficient (Wildman–Crippen LogP) is 4.27. The lowest BCUT2D eigenvalue weighted by atomic mass is 10.1. The molecule has 1 atom stereocenters. The fraction of sp³-hybridized carbons (Fsp3) is 0.273. The first-order valence-corrected chi connectivity index (χ1v) is 10.6. The van der Waals surface area contributed by atoms with Crippen molar-refractivity contribution in [1.82, 2.24) is 14.8 Å². The van der Waals surface area contributed by atoms with Crippen molar-refractivity contribution >= 4 is 11.8 Å². The van der Waals surface area contributed by atoms with E-state index >= 15 is 0 Å². The molecule has 0 fully saturated rings. The minimum absolute atomic E-state index is 0.296. The Labute approximate surface area is 190 Å². The number of ether oxygens (including phenoxy) is 3. The number of benzene rings is 2. The molecule has 3 rings (SSSR count). The number of nitrogens with zero attached hydrogens (tertiary/aromatic N) is 4. The minimum atomic E-state index is -0.520. The molecule has 1 aromatic heterocycles. The molecule has 9 nitrogen and oxygen atoms in total. The molecule has 0 aliphatic carbocycles. The van der Waals surface area contributed by atoms with Crippen LogP contribution in [0, 0.1) is 17.0 Å². The standard InChI is InChI=1S/C22H24N4O5S/c1-5-12-31-19-11-6-16(13-20(19)30-4)21(14-25(27)28)32-22-24-23-15(2)26(22)17-7-9-18(29-3)10-8-17/h5-11,13,21H,1,12,14H2,2-4H3/t21-/m0/s1. The third-order valence-electron chi connectivity index (χ3n) is 4.60. The Hall–Kier alpha value is -3.53. The molecular weight excluding hydrogens is 432 g/mol. The Morgan fingerprint density at radius 2 is 1.91 bits per heavy atom. The summed E-state index contributed by atoms with van der Waals surface area (Å²) in [6, 6.07) is 12.7. The molecule has 32 heavy (non-hydrogen) atoms. The van der Waals surface area contributed by atoms with Crippen molar-refractivity contribution in [1.29, 1.82) is 0 Å². The number of methoxy groups -OCH3 is 2. The molecule has 3 aromatic rings. The Balaban J connectivity index is 1.95. The van der Waals surface area contributed by atoms with E-state index in [2.05, 4.69) is 16.8 Å². The molecule has 0 spiro atoms. The van der Waals surface area contributed by atoms with Crippen molar-refractivity contribution in [2.24, 2.45) is 0 Å². The van der Waals surface area contributed by atoms with Gasteiger partial charge in [0, 0.05) is 10.6 Å². The fourth-order valence-corrected chi connectivity index (χ4v) is 4.24. The fourth-order valence-electron chi connectivity index (χ4n) is 3.07. The molecular formula is C22H24N4O5S. The highest BCUT2D eigenvalue weighted by atomic mass is 32.2. The van der Waals surface area contributed by atoms with Gasteiger partial charge in [-0.2, -0.15) is 0 Å². The van der Waals surface area contributed by atoms with Crippen LogP contribution in [-0.2, 0) is 0 Å². The molecule has 0 unspecified atom stereocenters. The van der Waals surface area contributed by atoms with E-state index in [0.717, 1.165) is 17.0 Å². The topological polar surface area (TPSA) is 102 Å². The van der Waals surface area contributed by atoms with Gasteiger partial charge in [-0.05, 0) is 48.9 Å². The van der Waals surface area contributed by atoms with E-state index in [1.54, 1.807) is 31.4 Å². The lowest BCUT2D eigenvalue weighted by Crippen LogP contribution is -2.11. The molecule has 0 N–H and O–H groups in total. The maximum Gasteiger partial charge on any atom is 0.220 e. The molecule has 0 radical (unpaired) electrons. The van der Waals surface area contributed by atoms with Crippen molar-refractivity contribution in [3.63, 3.8) is 0 Å². The van der Waals surface area contributed by atoms with Crippen LogP contribution < -0.4 is 14.2 Å². The maximum atomic E-state index is 11.4. The van der Waals surface area contributed by atoms with Gasteiger partial charge in [0.2, 0.25) is 6.54 Å². The molecule has 0 amide bonds. The van der Waals surface area contributed by atoms with Crippen molar-refractivity contribution < 1.29 is 19.1 Å². The Morgan fingerprint density at radius 1 is 1.16 bits per heavy atom. The van der Waals surface area contributed by atoms with Crippen LogP contribution in [0.5, 0.6) is 17.2 Å². The molecule has 0 bridgehead atoms. The van der Waals surface area contributed by atoms with E-state index in [1.165, 1.54) is 18.9 Å². The maximum absolute atomic E-state index is 11.4. The molecule has 2 aromatic carbocycles. The SMILES string of the molecule is C=CCOc1ccc([C@H](C[N+](=O)[O-])Sc2nnc(C)n2-c2ccc(OC)cc2)cc1OC. The van der Waals surface area contributed by atoms with Gasteiger partial charge in [0.1, 0.15) is 23.4 Å². The summed E-state index contributed by atoms with van der Waals surface area (Å²) in [5, 5.41) is 19.9. The molecule has 1 heterocycles. The second kappa shape index (κ2) is 10.7. The minimum Gasteiger partial charge on any atom is -0.497 e. The normalized spacial score (nSPS) is 11.6. The average molecular weight is 457 g/mol. The summed E-state index contributed by atoms with van der Waals surface area (Å²) in [6.07, 6.45) is 1.63. The van der Waals surface area contributed by atoms with E-state index in [9.17, 15) is 10.1 Å². The van der Waals surface area contributed by atoms with Crippen LogP contribution in [-0.4, -0.2) is 47.1 Å². The third kappa shape index (κ3) is 5.38. The van der Waals surface area contributed by atoms with E-state index in [1.807, 2.05) is 35.8 Å². The van der Waals surface area contributed by atoms with E-state index in [0.29, 0.717) is 29.1 Å². The lowest BCUT2D eigenvalue weighted by molar-refractivity contribution is -0.479. The van der Waals surface area contributed by atoms with Gasteiger partial charge in [-0.3, -0.25) is 14.7 Å². The summed E-state index contributed by atoms with van der Waals surface area (Å²) in [6.45, 7) is 5.50. The average Bonchev–Trinajstić information content (AvgIpc) is 3.16. The number of rotatable bonds is 11. The van der Waals surface area contributed by atoms with Crippen molar-refractivity contribution in [3.05, 3.63) is 76.6 Å². The monoisotopic (exact) mass is 456 g/mol. The summed E-state index contributed by atoms with van der Waals surface area (Å²) in [7, 11) is 3.13. The zero-order valence-electron chi connectivity index (χ0n) is 18.1. The Kier molecular flexibility index (Phi) is 7.72. The summed E-state index contributed by atoms with van der Waals surface area (Å²) < 4.78 is 18.1. The van der Waals surface area contributed by atoms with Gasteiger partial charge in [-0.1, -0.05) is 30.5 Å². The number of aromatic nitrogens is 3. The van der Waals surface area contributed by atoms with Gasteiger partial charge < -0.3 is 14.2 Å². The van der Waals surface area contributed by atoms with Crippen molar-refractivity contribution in [3.8, 4) is 22.9 Å². The number of aryl methyl sites for hydroxylation is 1. The zero-order valence-corrected chi connectivity index (χ0v) is 18.9. The van der Waals surface area contributed by atoms with Crippen LogP contribution in [0.3, 0.4) is 0 Å². The summed E-state index contributed by atoms with van der Waals surface area (Å²) in [5.74, 6) is 2.43. The van der Waals surface area contributed by atoms with Crippen LogP contribution >= 0.6 is 11.8 Å². The van der Waals surface area contributed by atoms with Crippen LogP contribution in [0.25, 0.3) is 5.69 Å². The highest BCUT2D eigenvalue weighted by molar-refractivity contribution is 7.99. The van der Waals surface area contributed by atoms with Gasteiger partial charge in [-0.25, -0.2) is 0 Å². The smallest absolute Gasteiger partial charge is 0.220 e. The third-order valence-corrected chi connectivity index (χ3v) is 5.79. The first-order valence-electron chi connectivity index (χ1n) is 9.73. The van der Waals surface area contributed by atoms with Crippen molar-refractivity contribution in [2.75, 3.05) is 27.4 Å². The molecule has 0 aliphatic rings. The van der Waals surface area contributed by atoms with Gasteiger partial charge in [0.25, 0.3) is 0 Å². The van der Waals surface area contributed by atoms with Gasteiger partial charge in [0.15, 0.2) is 16.7 Å². The van der Waals surface area contributed by atoms with E-state index < -0.39 is 5.25 Å². The van der Waals surface area contributed by atoms with Gasteiger partial charge in [0.05, 0.1) is 14.2 Å². The van der Waals surface area contributed by atoms with Gasteiger partial charge in [-0.15, -0.1) is 10.2 Å². The second-order valence-electron chi connectivity index (χ2n) is 6.70. The van der Waals surface area contributed by atoms with Crippen molar-refractivity contribution in [2.45, 2.75) is 17.3 Å². The first kappa shape index (κ1) is 23.1. The number of hydrogen-bond acceptors (Lipinski definition) is 8. The summed E-state index contributed by atoms with van der Waals surface area (Å²) >= 11 is 1.27. The molecule has 168 valence electrons. The van der Waals surface area contributed by atoms with Crippen LogP contribution in [0.1, 0.15) is 16.6 Å². The number of thioether (sulfide) groups is 1. The quantitative estimate of drug-likeness (QED) is 0.182. The lowest BCUT2D eigenvalue weighted by Gasteiger charge is -2.16. The predicted molar refractivity (Wildman–Crippen MR) is 122 cm³/mol. The van der Waals surface area contributed by atoms with Crippen LogP contribution in [0.15, 0.2) is 60.3 Å². The second-order valence-corrected chi connectivity index (χ2v) is 7.86. The molecule has 0 saturated carbocycles. The number of nitro groups is 1. The Morgan fingerprint density at radius 3 is 2.53 bits per heavy atom. The molecule has 0 saturated heterocycles. The highest BCUT2D eigenvalue weighted by Crippen LogP contribution is 2.39. The highest BCUT2D eigenvalue weighted by Gasteiger charge is 2.25. The summed E-state index contributed by atoms with van der Waals surface area (Å²) in [5.41, 5.74) is 1.55.